The Morgan fingerprint density at radius 2 is 2.00 bits per heavy atom. The molecule has 96 valence electrons. The largest absolute Gasteiger partial charge is 0.341 e. The summed E-state index contributed by atoms with van der Waals surface area (Å²) in [5.74, 6) is -0.333. The van der Waals surface area contributed by atoms with Crippen LogP contribution >= 0.6 is 23.2 Å². The Morgan fingerprint density at radius 1 is 1.33 bits per heavy atom. The molecule has 6 heteroatoms. The van der Waals surface area contributed by atoms with Gasteiger partial charge in [0.2, 0.25) is 11.8 Å². The van der Waals surface area contributed by atoms with Crippen molar-refractivity contribution in [2.75, 3.05) is 18.4 Å². The van der Waals surface area contributed by atoms with Crippen LogP contribution in [0.15, 0.2) is 18.2 Å². The molecule has 1 N–H and O–H groups in total. The summed E-state index contributed by atoms with van der Waals surface area (Å²) in [5, 5.41) is 3.67. The second-order valence-corrected chi connectivity index (χ2v) is 5.08. The van der Waals surface area contributed by atoms with Crippen molar-refractivity contribution >= 4 is 40.7 Å². The minimum absolute atomic E-state index is 0.0140. The monoisotopic (exact) mass is 286 g/mol. The number of nitrogens with zero attached hydrogens (tertiary/aromatic N) is 1. The zero-order chi connectivity index (χ0) is 13.3. The molecule has 1 aromatic rings. The van der Waals surface area contributed by atoms with Gasteiger partial charge in [-0.15, -0.1) is 0 Å². The van der Waals surface area contributed by atoms with Gasteiger partial charge in [-0.1, -0.05) is 23.2 Å². The number of halogens is 2. The lowest BCUT2D eigenvalue weighted by Gasteiger charge is -2.37. The highest BCUT2D eigenvalue weighted by atomic mass is 35.5. The quantitative estimate of drug-likeness (QED) is 0.908. The molecule has 0 aliphatic carbocycles. The molecule has 1 aliphatic rings. The van der Waals surface area contributed by atoms with Gasteiger partial charge in [-0.05, 0) is 18.2 Å². The Bertz CT molecular complexity index is 499. The predicted octanol–water partition coefficient (Wildman–Crippen LogP) is 2.41. The fourth-order valence-corrected chi connectivity index (χ4v) is 2.07. The molecular weight excluding hydrogens is 275 g/mol. The highest BCUT2D eigenvalue weighted by molar-refractivity contribution is 6.35. The minimum atomic E-state index is -0.177. The van der Waals surface area contributed by atoms with E-state index in [4.69, 9.17) is 23.2 Å². The fraction of sp³-hybridized carbons (Fsp3) is 0.333. The molecule has 4 nitrogen and oxygen atoms in total. The van der Waals surface area contributed by atoms with Gasteiger partial charge in [0.15, 0.2) is 0 Å². The number of carbonyl (C=O) groups excluding carboxylic acids is 2. The molecule has 18 heavy (non-hydrogen) atoms. The van der Waals surface area contributed by atoms with E-state index < -0.39 is 0 Å². The molecule has 1 aromatic carbocycles. The Labute approximate surface area is 115 Å². The first-order valence-electron chi connectivity index (χ1n) is 5.49. The van der Waals surface area contributed by atoms with Crippen LogP contribution in [0.3, 0.4) is 0 Å². The SMILES string of the molecule is CC(=O)N1CC(C(=O)Nc2cc(Cl)ccc2Cl)C1. The first-order chi connectivity index (χ1) is 8.47. The normalized spacial score (nSPS) is 15.2. The Kier molecular flexibility index (Phi) is 3.78. The number of rotatable bonds is 2. The molecule has 1 saturated heterocycles. The molecule has 2 rings (SSSR count). The fourth-order valence-electron chi connectivity index (χ4n) is 1.73. The molecule has 1 fully saturated rings. The van der Waals surface area contributed by atoms with E-state index in [9.17, 15) is 9.59 Å². The van der Waals surface area contributed by atoms with Gasteiger partial charge in [0.05, 0.1) is 16.6 Å². The molecule has 0 aromatic heterocycles. The minimum Gasteiger partial charge on any atom is -0.341 e. The number of nitrogens with one attached hydrogen (secondary N) is 1. The smallest absolute Gasteiger partial charge is 0.231 e. The summed E-state index contributed by atoms with van der Waals surface area (Å²) in [6.45, 7) is 2.40. The lowest BCUT2D eigenvalue weighted by atomic mass is 9.99. The second-order valence-electron chi connectivity index (χ2n) is 4.23. The van der Waals surface area contributed by atoms with E-state index in [1.807, 2.05) is 0 Å². The molecule has 1 heterocycles. The topological polar surface area (TPSA) is 49.4 Å². The van der Waals surface area contributed by atoms with Crippen LogP contribution < -0.4 is 5.32 Å². The first kappa shape index (κ1) is 13.2. The molecule has 0 atom stereocenters. The van der Waals surface area contributed by atoms with E-state index >= 15 is 0 Å². The zero-order valence-corrected chi connectivity index (χ0v) is 11.3. The number of carbonyl (C=O) groups is 2. The number of likely N-dealkylation sites (tertiary alicyclic amines) is 1. The zero-order valence-electron chi connectivity index (χ0n) is 9.74. The number of hydrogen-bond acceptors (Lipinski definition) is 2. The average Bonchev–Trinajstić information content (AvgIpc) is 2.20. The van der Waals surface area contributed by atoms with Crippen LogP contribution in [0.5, 0.6) is 0 Å². The highest BCUT2D eigenvalue weighted by Gasteiger charge is 2.34. The van der Waals surface area contributed by atoms with Gasteiger partial charge in [0, 0.05) is 25.0 Å². The van der Waals surface area contributed by atoms with Crippen LogP contribution in [0.1, 0.15) is 6.92 Å². The molecule has 0 unspecified atom stereocenters. The summed E-state index contributed by atoms with van der Waals surface area (Å²) in [5.41, 5.74) is 0.496. The summed E-state index contributed by atoms with van der Waals surface area (Å²) < 4.78 is 0. The van der Waals surface area contributed by atoms with Crippen molar-refractivity contribution in [2.24, 2.45) is 5.92 Å². The van der Waals surface area contributed by atoms with E-state index in [-0.39, 0.29) is 17.7 Å². The van der Waals surface area contributed by atoms with Crippen molar-refractivity contribution in [1.29, 1.82) is 0 Å². The first-order valence-corrected chi connectivity index (χ1v) is 6.24. The number of amides is 2. The molecule has 0 saturated carbocycles. The van der Waals surface area contributed by atoms with Gasteiger partial charge in [0.1, 0.15) is 0 Å². The summed E-state index contributed by atoms with van der Waals surface area (Å²) in [6, 6.07) is 4.88. The van der Waals surface area contributed by atoms with Crippen LogP contribution in [0.2, 0.25) is 10.0 Å². The summed E-state index contributed by atoms with van der Waals surface area (Å²) in [6.07, 6.45) is 0. The van der Waals surface area contributed by atoms with E-state index in [0.29, 0.717) is 28.8 Å². The summed E-state index contributed by atoms with van der Waals surface area (Å²) in [7, 11) is 0. The van der Waals surface area contributed by atoms with Crippen LogP contribution in [0, 0.1) is 5.92 Å². The number of hydrogen-bond donors (Lipinski definition) is 1. The van der Waals surface area contributed by atoms with Crippen molar-refractivity contribution in [3.8, 4) is 0 Å². The van der Waals surface area contributed by atoms with Crippen molar-refractivity contribution in [3.05, 3.63) is 28.2 Å². The third kappa shape index (κ3) is 2.76. The lowest BCUT2D eigenvalue weighted by Crippen LogP contribution is -2.53. The van der Waals surface area contributed by atoms with Gasteiger partial charge in [-0.3, -0.25) is 9.59 Å². The molecule has 0 spiro atoms. The van der Waals surface area contributed by atoms with Crippen LogP contribution in [-0.4, -0.2) is 29.8 Å². The van der Waals surface area contributed by atoms with Crippen LogP contribution in [0.4, 0.5) is 5.69 Å². The standard InChI is InChI=1S/C12H12Cl2N2O2/c1-7(17)16-5-8(6-16)12(18)15-11-4-9(13)2-3-10(11)14/h2-4,8H,5-6H2,1H3,(H,15,18). The summed E-state index contributed by atoms with van der Waals surface area (Å²) in [4.78, 5) is 24.5. The van der Waals surface area contributed by atoms with E-state index in [2.05, 4.69) is 5.32 Å². The van der Waals surface area contributed by atoms with Crippen molar-refractivity contribution < 1.29 is 9.59 Å². The van der Waals surface area contributed by atoms with Crippen molar-refractivity contribution in [2.45, 2.75) is 6.92 Å². The predicted molar refractivity (Wildman–Crippen MR) is 70.8 cm³/mol. The lowest BCUT2D eigenvalue weighted by molar-refractivity contribution is -0.139. The maximum Gasteiger partial charge on any atom is 0.231 e. The van der Waals surface area contributed by atoms with Crippen LogP contribution in [0.25, 0.3) is 0 Å². The Balaban J connectivity index is 1.96. The van der Waals surface area contributed by atoms with Gasteiger partial charge in [-0.25, -0.2) is 0 Å². The average molecular weight is 287 g/mol. The van der Waals surface area contributed by atoms with Gasteiger partial charge in [-0.2, -0.15) is 0 Å². The molecular formula is C12H12Cl2N2O2. The maximum atomic E-state index is 11.9. The number of anilines is 1. The summed E-state index contributed by atoms with van der Waals surface area (Å²) >= 11 is 11.8. The van der Waals surface area contributed by atoms with Gasteiger partial charge in [0.25, 0.3) is 0 Å². The van der Waals surface area contributed by atoms with Gasteiger partial charge >= 0.3 is 0 Å². The maximum absolute atomic E-state index is 11.9. The Hall–Kier alpha value is -1.26. The van der Waals surface area contributed by atoms with Crippen molar-refractivity contribution in [3.63, 3.8) is 0 Å². The number of benzene rings is 1. The third-order valence-electron chi connectivity index (χ3n) is 2.88. The molecule has 0 radical (unpaired) electrons. The van der Waals surface area contributed by atoms with E-state index in [0.717, 1.165) is 0 Å². The Morgan fingerprint density at radius 3 is 2.61 bits per heavy atom. The second kappa shape index (κ2) is 5.16. The molecule has 1 aliphatic heterocycles. The van der Waals surface area contributed by atoms with Gasteiger partial charge < -0.3 is 10.2 Å². The molecule has 2 amide bonds. The third-order valence-corrected chi connectivity index (χ3v) is 3.45. The van der Waals surface area contributed by atoms with Crippen molar-refractivity contribution in [1.82, 2.24) is 4.90 Å². The van der Waals surface area contributed by atoms with Crippen LogP contribution in [-0.2, 0) is 9.59 Å². The molecule has 0 bridgehead atoms. The van der Waals surface area contributed by atoms with E-state index in [1.165, 1.54) is 6.92 Å². The van der Waals surface area contributed by atoms with E-state index in [1.54, 1.807) is 23.1 Å². The highest BCUT2D eigenvalue weighted by Crippen LogP contribution is 2.27.